The van der Waals surface area contributed by atoms with Crippen LogP contribution in [0.5, 0.6) is 0 Å². The Kier molecular flexibility index (Phi) is 5.78. The molecule has 0 aromatic heterocycles. The van der Waals surface area contributed by atoms with Crippen LogP contribution in [-0.2, 0) is 0 Å². The largest absolute Gasteiger partial charge is 0.0798 e. The lowest BCUT2D eigenvalue weighted by Gasteiger charge is -2.04. The van der Waals surface area contributed by atoms with E-state index in [0.29, 0.717) is 0 Å². The molecule has 2 aromatic rings. The van der Waals surface area contributed by atoms with Gasteiger partial charge in [-0.15, -0.1) is 0 Å². The molecule has 2 aromatic carbocycles. The number of rotatable bonds is 5. The first-order chi connectivity index (χ1) is 10.3. The van der Waals surface area contributed by atoms with E-state index in [1.165, 1.54) is 22.3 Å². The minimum Gasteiger partial charge on any atom is -0.0798 e. The van der Waals surface area contributed by atoms with E-state index in [2.05, 4.69) is 92.7 Å². The van der Waals surface area contributed by atoms with E-state index in [9.17, 15) is 0 Å². The molecule has 0 unspecified atom stereocenters. The van der Waals surface area contributed by atoms with Crippen LogP contribution in [-0.4, -0.2) is 0 Å². The smallest absolute Gasteiger partial charge is 0.0187 e. The molecule has 0 fully saturated rings. The Morgan fingerprint density at radius 3 is 2.10 bits per heavy atom. The monoisotopic (exact) mass is 274 g/mol. The molecule has 0 aliphatic heterocycles. The second kappa shape index (κ2) is 8.06. The summed E-state index contributed by atoms with van der Waals surface area (Å²) in [5.41, 5.74) is 5.10. The quantitative estimate of drug-likeness (QED) is 0.574. The Morgan fingerprint density at radius 1 is 0.905 bits per heavy atom. The molecule has 0 aliphatic rings. The number of allylic oxidation sites excluding steroid dienone is 5. The van der Waals surface area contributed by atoms with Crippen molar-refractivity contribution >= 4 is 11.6 Å². The van der Waals surface area contributed by atoms with Crippen LogP contribution in [0.3, 0.4) is 0 Å². The van der Waals surface area contributed by atoms with Gasteiger partial charge >= 0.3 is 0 Å². The molecule has 106 valence electrons. The molecule has 0 aliphatic carbocycles. The fraction of sp³-hybridized carbons (Fsp3) is 0.143. The van der Waals surface area contributed by atoms with Crippen LogP contribution in [0.2, 0.25) is 0 Å². The van der Waals surface area contributed by atoms with Gasteiger partial charge in [0.1, 0.15) is 0 Å². The molecule has 0 N–H and O–H groups in total. The van der Waals surface area contributed by atoms with Crippen LogP contribution in [0.15, 0.2) is 84.5 Å². The van der Waals surface area contributed by atoms with Crippen molar-refractivity contribution in [1.82, 2.24) is 0 Å². The van der Waals surface area contributed by atoms with Crippen molar-refractivity contribution in [2.75, 3.05) is 0 Å². The van der Waals surface area contributed by atoms with Gasteiger partial charge in [0.15, 0.2) is 0 Å². The third kappa shape index (κ3) is 4.61. The van der Waals surface area contributed by atoms with Gasteiger partial charge in [0.2, 0.25) is 0 Å². The van der Waals surface area contributed by atoms with Crippen molar-refractivity contribution < 1.29 is 0 Å². The van der Waals surface area contributed by atoms with E-state index in [1.54, 1.807) is 0 Å². The maximum absolute atomic E-state index is 2.27. The molecule has 0 heterocycles. The van der Waals surface area contributed by atoms with E-state index >= 15 is 0 Å². The molecule has 21 heavy (non-hydrogen) atoms. The number of hydrogen-bond donors (Lipinski definition) is 0. The lowest BCUT2D eigenvalue weighted by molar-refractivity contribution is 1.15. The molecular formula is C21H22. The molecule has 0 saturated carbocycles. The van der Waals surface area contributed by atoms with Gasteiger partial charge in [0.25, 0.3) is 0 Å². The average molecular weight is 274 g/mol. The molecular weight excluding hydrogens is 252 g/mol. The summed E-state index contributed by atoms with van der Waals surface area (Å²) in [5, 5.41) is 0. The molecule has 0 nitrogen and oxygen atoms in total. The highest BCUT2D eigenvalue weighted by Gasteiger charge is 1.97. The second-order valence-electron chi connectivity index (χ2n) is 4.93. The topological polar surface area (TPSA) is 0 Å². The highest BCUT2D eigenvalue weighted by atomic mass is 14.0. The van der Waals surface area contributed by atoms with Gasteiger partial charge < -0.3 is 0 Å². The Labute approximate surface area is 128 Å². The first-order valence-corrected chi connectivity index (χ1v) is 7.49. The lowest BCUT2D eigenvalue weighted by Crippen LogP contribution is -1.83. The fourth-order valence-corrected chi connectivity index (χ4v) is 2.20. The van der Waals surface area contributed by atoms with E-state index in [1.807, 2.05) is 6.07 Å². The molecule has 0 heteroatoms. The summed E-state index contributed by atoms with van der Waals surface area (Å²) in [5.74, 6) is 0. The SMILES string of the molecule is C\C=C(/C=C(/C=C/c1ccccc1)CC)c1ccccc1. The van der Waals surface area contributed by atoms with Crippen LogP contribution >= 0.6 is 0 Å². The van der Waals surface area contributed by atoms with Gasteiger partial charge in [0, 0.05) is 0 Å². The molecule has 0 atom stereocenters. The Morgan fingerprint density at radius 2 is 1.52 bits per heavy atom. The summed E-state index contributed by atoms with van der Waals surface area (Å²) in [6.07, 6.45) is 9.85. The van der Waals surface area contributed by atoms with Crippen molar-refractivity contribution in [3.63, 3.8) is 0 Å². The zero-order valence-corrected chi connectivity index (χ0v) is 12.8. The summed E-state index contributed by atoms with van der Waals surface area (Å²) in [7, 11) is 0. The summed E-state index contributed by atoms with van der Waals surface area (Å²) in [6, 6.07) is 20.9. The van der Waals surface area contributed by atoms with Crippen LogP contribution in [0.4, 0.5) is 0 Å². The number of benzene rings is 2. The van der Waals surface area contributed by atoms with E-state index in [4.69, 9.17) is 0 Å². The fourth-order valence-electron chi connectivity index (χ4n) is 2.20. The maximum Gasteiger partial charge on any atom is -0.0187 e. The highest BCUT2D eigenvalue weighted by Crippen LogP contribution is 2.19. The van der Waals surface area contributed by atoms with E-state index in [0.717, 1.165) is 6.42 Å². The second-order valence-corrected chi connectivity index (χ2v) is 4.93. The lowest BCUT2D eigenvalue weighted by atomic mass is 10.0. The normalized spacial score (nSPS) is 12.9. The summed E-state index contributed by atoms with van der Waals surface area (Å²) >= 11 is 0. The third-order valence-corrected chi connectivity index (χ3v) is 3.46. The van der Waals surface area contributed by atoms with Crippen LogP contribution < -0.4 is 0 Å². The molecule has 0 amide bonds. The van der Waals surface area contributed by atoms with E-state index < -0.39 is 0 Å². The van der Waals surface area contributed by atoms with Crippen molar-refractivity contribution in [1.29, 1.82) is 0 Å². The molecule has 0 saturated heterocycles. The van der Waals surface area contributed by atoms with Gasteiger partial charge in [0.05, 0.1) is 0 Å². The minimum atomic E-state index is 1.02. The van der Waals surface area contributed by atoms with Crippen LogP contribution in [0.25, 0.3) is 11.6 Å². The highest BCUT2D eigenvalue weighted by molar-refractivity contribution is 5.75. The summed E-state index contributed by atoms with van der Waals surface area (Å²) in [6.45, 7) is 4.28. The Bertz CT molecular complexity index is 628. The van der Waals surface area contributed by atoms with Crippen molar-refractivity contribution in [3.8, 4) is 0 Å². The maximum atomic E-state index is 2.27. The van der Waals surface area contributed by atoms with E-state index in [-0.39, 0.29) is 0 Å². The van der Waals surface area contributed by atoms with Gasteiger partial charge in [-0.2, -0.15) is 0 Å². The van der Waals surface area contributed by atoms with Gasteiger partial charge in [-0.05, 0) is 35.6 Å². The minimum absolute atomic E-state index is 1.02. The standard InChI is InChI=1S/C21H22/c1-3-18(15-16-19-11-7-5-8-12-19)17-20(4-2)21-13-9-6-10-14-21/h4-17H,3H2,1-2H3/b16-15+,18-17+,20-4+. The van der Waals surface area contributed by atoms with Crippen molar-refractivity contribution in [2.24, 2.45) is 0 Å². The Balaban J connectivity index is 2.22. The first kappa shape index (κ1) is 15.1. The first-order valence-electron chi connectivity index (χ1n) is 7.49. The van der Waals surface area contributed by atoms with Crippen LogP contribution in [0.1, 0.15) is 31.4 Å². The molecule has 0 radical (unpaired) electrons. The van der Waals surface area contributed by atoms with Crippen molar-refractivity contribution in [3.05, 3.63) is 95.6 Å². The summed E-state index contributed by atoms with van der Waals surface area (Å²) in [4.78, 5) is 0. The summed E-state index contributed by atoms with van der Waals surface area (Å²) < 4.78 is 0. The zero-order chi connectivity index (χ0) is 14.9. The number of hydrogen-bond acceptors (Lipinski definition) is 0. The molecule has 0 bridgehead atoms. The third-order valence-electron chi connectivity index (χ3n) is 3.46. The predicted octanol–water partition coefficient (Wildman–Crippen LogP) is 6.14. The molecule has 2 rings (SSSR count). The molecule has 0 spiro atoms. The Hall–Kier alpha value is -2.34. The zero-order valence-electron chi connectivity index (χ0n) is 12.8. The van der Waals surface area contributed by atoms with Crippen LogP contribution in [0, 0.1) is 0 Å². The average Bonchev–Trinajstić information content (AvgIpc) is 2.57. The van der Waals surface area contributed by atoms with Gasteiger partial charge in [-0.1, -0.05) is 91.9 Å². The van der Waals surface area contributed by atoms with Gasteiger partial charge in [-0.3, -0.25) is 0 Å². The predicted molar refractivity (Wildman–Crippen MR) is 93.9 cm³/mol. The van der Waals surface area contributed by atoms with Gasteiger partial charge in [-0.25, -0.2) is 0 Å². The van der Waals surface area contributed by atoms with Crippen molar-refractivity contribution in [2.45, 2.75) is 20.3 Å².